The molecule has 2 aliphatic rings. The van der Waals surface area contributed by atoms with Crippen LogP contribution in [0.2, 0.25) is 0 Å². The maximum Gasteiger partial charge on any atom is 0.170 e. The Labute approximate surface area is 177 Å². The van der Waals surface area contributed by atoms with Gasteiger partial charge in [-0.1, -0.05) is 36.4 Å². The van der Waals surface area contributed by atoms with Gasteiger partial charge < -0.3 is 14.8 Å². The summed E-state index contributed by atoms with van der Waals surface area (Å²) in [6.07, 6.45) is 4.44. The van der Waals surface area contributed by atoms with E-state index in [1.54, 1.807) is 0 Å². The monoisotopic (exact) mass is 402 g/mol. The summed E-state index contributed by atoms with van der Waals surface area (Å²) in [6, 6.07) is 19.9. The number of benzene rings is 1. The Morgan fingerprint density at radius 3 is 2.52 bits per heavy atom. The van der Waals surface area contributed by atoms with Gasteiger partial charge in [0.2, 0.25) is 0 Å². The van der Waals surface area contributed by atoms with Gasteiger partial charge in [0.05, 0.1) is 17.8 Å². The van der Waals surface area contributed by atoms with E-state index in [2.05, 4.69) is 82.1 Å². The van der Waals surface area contributed by atoms with Crippen molar-refractivity contribution < 1.29 is 0 Å². The maximum atomic E-state index is 5.82. The van der Waals surface area contributed by atoms with Gasteiger partial charge in [0, 0.05) is 30.2 Å². The smallest absolute Gasteiger partial charge is 0.170 e. The van der Waals surface area contributed by atoms with Crippen molar-refractivity contribution in [3.05, 3.63) is 89.0 Å². The predicted molar refractivity (Wildman–Crippen MR) is 120 cm³/mol. The molecule has 1 aliphatic heterocycles. The number of rotatable bonds is 5. The first-order valence-corrected chi connectivity index (χ1v) is 10.7. The minimum atomic E-state index is 0.0422. The van der Waals surface area contributed by atoms with Gasteiger partial charge in [-0.15, -0.1) is 0 Å². The van der Waals surface area contributed by atoms with Gasteiger partial charge in [0.15, 0.2) is 5.11 Å². The third-order valence-electron chi connectivity index (χ3n) is 6.15. The van der Waals surface area contributed by atoms with Crippen LogP contribution in [-0.4, -0.2) is 19.6 Å². The minimum absolute atomic E-state index is 0.0422. The fourth-order valence-corrected chi connectivity index (χ4v) is 5.00. The standard InChI is InChI=1S/C24H26N4S/c1-16-14-20(17(2)28(16)19-11-12-19)23-22(21-10-6-7-13-25-21)26-24(29)27(23)15-18-8-4-3-5-9-18/h3-10,13-14,19,22-23H,11-12,15H2,1-2H3,(H,26,29). The first-order chi connectivity index (χ1) is 14.1. The van der Waals surface area contributed by atoms with Crippen LogP contribution in [0.15, 0.2) is 60.8 Å². The Balaban J connectivity index is 1.59. The Morgan fingerprint density at radius 2 is 1.83 bits per heavy atom. The largest absolute Gasteiger partial charge is 0.352 e. The molecule has 2 unspecified atom stereocenters. The Bertz CT molecular complexity index is 1020. The van der Waals surface area contributed by atoms with Crippen molar-refractivity contribution in [1.82, 2.24) is 19.8 Å². The molecule has 1 saturated heterocycles. The number of nitrogens with zero attached hydrogens (tertiary/aromatic N) is 3. The lowest BCUT2D eigenvalue weighted by Crippen LogP contribution is -2.29. The van der Waals surface area contributed by atoms with Gasteiger partial charge in [-0.05, 0) is 68.2 Å². The van der Waals surface area contributed by atoms with E-state index in [9.17, 15) is 0 Å². The Hall–Kier alpha value is -2.66. The summed E-state index contributed by atoms with van der Waals surface area (Å²) in [5, 5.41) is 4.37. The van der Waals surface area contributed by atoms with Crippen molar-refractivity contribution >= 4 is 17.3 Å². The second-order valence-electron chi connectivity index (χ2n) is 8.17. The highest BCUT2D eigenvalue weighted by molar-refractivity contribution is 7.80. The van der Waals surface area contributed by atoms with Crippen LogP contribution < -0.4 is 5.32 Å². The normalized spacial score (nSPS) is 21.4. The molecule has 148 valence electrons. The van der Waals surface area contributed by atoms with Gasteiger partial charge >= 0.3 is 0 Å². The highest BCUT2D eigenvalue weighted by Crippen LogP contribution is 2.45. The number of aromatic nitrogens is 2. The molecule has 2 fully saturated rings. The van der Waals surface area contributed by atoms with Crippen LogP contribution in [-0.2, 0) is 6.54 Å². The molecular formula is C24H26N4S. The minimum Gasteiger partial charge on any atom is -0.352 e. The number of nitrogens with one attached hydrogen (secondary N) is 1. The van der Waals surface area contributed by atoms with Gasteiger partial charge in [-0.3, -0.25) is 4.98 Å². The van der Waals surface area contributed by atoms with Gasteiger partial charge in [-0.25, -0.2) is 0 Å². The van der Waals surface area contributed by atoms with E-state index in [0.717, 1.165) is 17.4 Å². The molecule has 2 aromatic heterocycles. The molecule has 0 radical (unpaired) electrons. The molecule has 1 aliphatic carbocycles. The highest BCUT2D eigenvalue weighted by Gasteiger charge is 2.42. The zero-order chi connectivity index (χ0) is 20.0. The zero-order valence-electron chi connectivity index (χ0n) is 16.9. The van der Waals surface area contributed by atoms with Gasteiger partial charge in [-0.2, -0.15) is 0 Å². The third-order valence-corrected chi connectivity index (χ3v) is 6.50. The van der Waals surface area contributed by atoms with Crippen LogP contribution in [0.3, 0.4) is 0 Å². The Morgan fingerprint density at radius 1 is 1.07 bits per heavy atom. The first kappa shape index (κ1) is 18.4. The third kappa shape index (κ3) is 3.33. The van der Waals surface area contributed by atoms with Crippen LogP contribution in [0.25, 0.3) is 0 Å². The first-order valence-electron chi connectivity index (χ1n) is 10.3. The lowest BCUT2D eigenvalue weighted by molar-refractivity contribution is 0.309. The molecule has 1 aromatic carbocycles. The molecule has 0 amide bonds. The molecular weight excluding hydrogens is 376 g/mol. The molecule has 5 heteroatoms. The summed E-state index contributed by atoms with van der Waals surface area (Å²) in [5.74, 6) is 0. The average Bonchev–Trinajstić information content (AvgIpc) is 3.46. The quantitative estimate of drug-likeness (QED) is 0.608. The maximum absolute atomic E-state index is 5.82. The predicted octanol–water partition coefficient (Wildman–Crippen LogP) is 5.01. The zero-order valence-corrected chi connectivity index (χ0v) is 17.7. The molecule has 4 nitrogen and oxygen atoms in total. The lowest BCUT2D eigenvalue weighted by Gasteiger charge is -2.28. The molecule has 3 heterocycles. The average molecular weight is 403 g/mol. The van der Waals surface area contributed by atoms with Crippen LogP contribution >= 0.6 is 12.2 Å². The van der Waals surface area contributed by atoms with Crippen LogP contribution in [0.5, 0.6) is 0 Å². The van der Waals surface area contributed by atoms with Crippen LogP contribution in [0.1, 0.15) is 59.2 Å². The van der Waals surface area contributed by atoms with E-state index in [1.165, 1.54) is 35.4 Å². The molecule has 1 N–H and O–H groups in total. The summed E-state index contributed by atoms with van der Waals surface area (Å²) in [6.45, 7) is 5.28. The molecule has 3 aromatic rings. The summed E-state index contributed by atoms with van der Waals surface area (Å²) in [5.41, 5.74) is 6.36. The Kier molecular flexibility index (Phi) is 4.63. The van der Waals surface area contributed by atoms with E-state index < -0.39 is 0 Å². The van der Waals surface area contributed by atoms with Crippen molar-refractivity contribution in [2.45, 2.75) is 51.4 Å². The topological polar surface area (TPSA) is 33.1 Å². The molecule has 0 spiro atoms. The fourth-order valence-electron chi connectivity index (χ4n) is 4.69. The van der Waals surface area contributed by atoms with Crippen LogP contribution in [0, 0.1) is 13.8 Å². The van der Waals surface area contributed by atoms with Crippen molar-refractivity contribution in [3.8, 4) is 0 Å². The molecule has 1 saturated carbocycles. The number of thiocarbonyl (C=S) groups is 1. The fraction of sp³-hybridized carbons (Fsp3) is 0.333. The number of pyridine rings is 1. The summed E-state index contributed by atoms with van der Waals surface area (Å²) in [7, 11) is 0. The molecule has 5 rings (SSSR count). The van der Waals surface area contributed by atoms with E-state index >= 15 is 0 Å². The number of aryl methyl sites for hydroxylation is 1. The van der Waals surface area contributed by atoms with E-state index in [0.29, 0.717) is 6.04 Å². The van der Waals surface area contributed by atoms with E-state index in [4.69, 9.17) is 12.2 Å². The van der Waals surface area contributed by atoms with E-state index in [-0.39, 0.29) is 12.1 Å². The van der Waals surface area contributed by atoms with Crippen molar-refractivity contribution in [1.29, 1.82) is 0 Å². The summed E-state index contributed by atoms with van der Waals surface area (Å²) >= 11 is 5.82. The second kappa shape index (κ2) is 7.30. The van der Waals surface area contributed by atoms with Crippen molar-refractivity contribution in [3.63, 3.8) is 0 Å². The number of hydrogen-bond acceptors (Lipinski definition) is 2. The van der Waals surface area contributed by atoms with Crippen molar-refractivity contribution in [2.24, 2.45) is 0 Å². The number of hydrogen-bond donors (Lipinski definition) is 1. The molecule has 0 bridgehead atoms. The molecule has 29 heavy (non-hydrogen) atoms. The van der Waals surface area contributed by atoms with Crippen molar-refractivity contribution in [2.75, 3.05) is 0 Å². The summed E-state index contributed by atoms with van der Waals surface area (Å²) in [4.78, 5) is 7.00. The van der Waals surface area contributed by atoms with E-state index in [1.807, 2.05) is 12.3 Å². The summed E-state index contributed by atoms with van der Waals surface area (Å²) < 4.78 is 2.52. The van der Waals surface area contributed by atoms with Gasteiger partial charge in [0.25, 0.3) is 0 Å². The molecule has 2 atom stereocenters. The second-order valence-corrected chi connectivity index (χ2v) is 8.55. The lowest BCUT2D eigenvalue weighted by atomic mass is 9.96. The SMILES string of the molecule is Cc1cc(C2C(c3ccccn3)NC(=S)N2Cc2ccccc2)c(C)n1C1CC1. The highest BCUT2D eigenvalue weighted by atomic mass is 32.1. The van der Waals surface area contributed by atoms with Gasteiger partial charge in [0.1, 0.15) is 0 Å². The van der Waals surface area contributed by atoms with Crippen LogP contribution in [0.4, 0.5) is 0 Å².